The van der Waals surface area contributed by atoms with Gasteiger partial charge in [-0.15, -0.1) is 0 Å². The second-order valence-electron chi connectivity index (χ2n) is 7.08. The van der Waals surface area contributed by atoms with Crippen LogP contribution in [0.3, 0.4) is 0 Å². The molecule has 5 nitrogen and oxygen atoms in total. The van der Waals surface area contributed by atoms with Crippen molar-refractivity contribution in [2.75, 3.05) is 5.32 Å². The number of carbonyl (C=O) groups excluding carboxylic acids is 1. The van der Waals surface area contributed by atoms with E-state index in [4.69, 9.17) is 4.98 Å². The molecule has 2 aromatic carbocycles. The SMILES string of the molecule is Cc1ccc2nc(-n3nc(C)c4c3NC(=O)C[C@H]4c3ccc(F)cc3)sc2c1. The van der Waals surface area contributed by atoms with Crippen LogP contribution in [0.25, 0.3) is 15.3 Å². The number of hydrogen-bond donors (Lipinski definition) is 1. The van der Waals surface area contributed by atoms with Crippen molar-refractivity contribution in [2.24, 2.45) is 0 Å². The molecule has 2 aromatic heterocycles. The van der Waals surface area contributed by atoms with Gasteiger partial charge in [0.2, 0.25) is 11.0 Å². The van der Waals surface area contributed by atoms with E-state index in [1.54, 1.807) is 16.8 Å². The summed E-state index contributed by atoms with van der Waals surface area (Å²) in [6.45, 7) is 3.98. The van der Waals surface area contributed by atoms with Gasteiger partial charge in [0, 0.05) is 17.9 Å². The second-order valence-corrected chi connectivity index (χ2v) is 8.09. The number of nitrogens with zero attached hydrogens (tertiary/aromatic N) is 3. The fourth-order valence-electron chi connectivity index (χ4n) is 3.78. The van der Waals surface area contributed by atoms with E-state index in [2.05, 4.69) is 16.5 Å². The molecular formula is C21H17FN4OS. The molecule has 0 radical (unpaired) electrons. The summed E-state index contributed by atoms with van der Waals surface area (Å²) in [6, 6.07) is 12.4. The first kappa shape index (κ1) is 17.1. The summed E-state index contributed by atoms with van der Waals surface area (Å²) < 4.78 is 16.2. The van der Waals surface area contributed by atoms with Crippen LogP contribution in [0.5, 0.6) is 0 Å². The standard InChI is InChI=1S/C21H17FN4OS/c1-11-3-8-16-17(9-11)28-21(23-16)26-20-19(12(2)25-26)15(10-18(27)24-20)13-4-6-14(22)7-5-13/h3-9,15H,10H2,1-2H3,(H,24,27)/t15-/m0/s1. The van der Waals surface area contributed by atoms with Crippen molar-refractivity contribution >= 4 is 33.3 Å². The van der Waals surface area contributed by atoms with Crippen LogP contribution in [0.15, 0.2) is 42.5 Å². The normalized spacial score (nSPS) is 16.2. The zero-order valence-electron chi connectivity index (χ0n) is 15.4. The highest BCUT2D eigenvalue weighted by Crippen LogP contribution is 2.41. The number of nitrogens with one attached hydrogen (secondary N) is 1. The highest BCUT2D eigenvalue weighted by Gasteiger charge is 2.33. The number of rotatable bonds is 2. The van der Waals surface area contributed by atoms with E-state index < -0.39 is 0 Å². The molecule has 1 aliphatic rings. The molecule has 1 atom stereocenters. The van der Waals surface area contributed by atoms with Gasteiger partial charge in [0.1, 0.15) is 11.6 Å². The Hall–Kier alpha value is -3.06. The van der Waals surface area contributed by atoms with Gasteiger partial charge in [-0.25, -0.2) is 9.37 Å². The Morgan fingerprint density at radius 3 is 2.75 bits per heavy atom. The van der Waals surface area contributed by atoms with E-state index in [9.17, 15) is 9.18 Å². The van der Waals surface area contributed by atoms with Crippen LogP contribution in [0.1, 0.15) is 34.7 Å². The third kappa shape index (κ3) is 2.70. The van der Waals surface area contributed by atoms with Gasteiger partial charge in [-0.1, -0.05) is 29.5 Å². The van der Waals surface area contributed by atoms with Crippen molar-refractivity contribution in [1.82, 2.24) is 14.8 Å². The molecule has 0 bridgehead atoms. The van der Waals surface area contributed by atoms with E-state index in [0.717, 1.165) is 27.0 Å². The Morgan fingerprint density at radius 2 is 1.96 bits per heavy atom. The minimum atomic E-state index is -0.290. The molecule has 1 N–H and O–H groups in total. The minimum absolute atomic E-state index is 0.0834. The summed E-state index contributed by atoms with van der Waals surface area (Å²) in [4.78, 5) is 17.1. The molecule has 5 rings (SSSR count). The molecule has 0 fully saturated rings. The predicted molar refractivity (Wildman–Crippen MR) is 108 cm³/mol. The quantitative estimate of drug-likeness (QED) is 0.537. The third-order valence-electron chi connectivity index (χ3n) is 5.09. The lowest BCUT2D eigenvalue weighted by Crippen LogP contribution is -2.24. The summed E-state index contributed by atoms with van der Waals surface area (Å²) in [5, 5.41) is 8.37. The fraction of sp³-hybridized carbons (Fsp3) is 0.190. The molecule has 0 unspecified atom stereocenters. The average Bonchev–Trinajstić information content (AvgIpc) is 3.22. The van der Waals surface area contributed by atoms with E-state index >= 15 is 0 Å². The molecule has 1 amide bonds. The Morgan fingerprint density at radius 1 is 1.18 bits per heavy atom. The number of halogens is 1. The van der Waals surface area contributed by atoms with E-state index in [1.807, 2.05) is 26.0 Å². The van der Waals surface area contributed by atoms with Crippen LogP contribution in [0.4, 0.5) is 10.2 Å². The number of anilines is 1. The van der Waals surface area contributed by atoms with Crippen LogP contribution < -0.4 is 5.32 Å². The van der Waals surface area contributed by atoms with Gasteiger partial charge in [0.05, 0.1) is 15.9 Å². The largest absolute Gasteiger partial charge is 0.310 e. The average molecular weight is 392 g/mol. The summed E-state index contributed by atoms with van der Waals surface area (Å²) >= 11 is 1.54. The zero-order chi connectivity index (χ0) is 19.4. The summed E-state index contributed by atoms with van der Waals surface area (Å²) in [5.74, 6) is 0.120. The number of aromatic nitrogens is 3. The lowest BCUT2D eigenvalue weighted by atomic mass is 9.86. The maximum absolute atomic E-state index is 13.4. The van der Waals surface area contributed by atoms with Gasteiger partial charge in [-0.3, -0.25) is 4.79 Å². The number of fused-ring (bicyclic) bond motifs is 2. The summed E-state index contributed by atoms with van der Waals surface area (Å²) in [7, 11) is 0. The van der Waals surface area contributed by atoms with Crippen LogP contribution in [-0.4, -0.2) is 20.7 Å². The molecule has 28 heavy (non-hydrogen) atoms. The number of carbonyl (C=O) groups is 1. The molecule has 0 saturated carbocycles. The van der Waals surface area contributed by atoms with Crippen LogP contribution in [0.2, 0.25) is 0 Å². The number of amides is 1. The number of aryl methyl sites for hydroxylation is 2. The minimum Gasteiger partial charge on any atom is -0.310 e. The van der Waals surface area contributed by atoms with Gasteiger partial charge >= 0.3 is 0 Å². The highest BCUT2D eigenvalue weighted by molar-refractivity contribution is 7.20. The van der Waals surface area contributed by atoms with Crippen molar-refractivity contribution in [1.29, 1.82) is 0 Å². The summed E-state index contributed by atoms with van der Waals surface area (Å²) in [6.07, 6.45) is 0.310. The first-order chi connectivity index (χ1) is 13.5. The first-order valence-electron chi connectivity index (χ1n) is 9.02. The van der Waals surface area contributed by atoms with Crippen molar-refractivity contribution in [2.45, 2.75) is 26.2 Å². The van der Waals surface area contributed by atoms with Crippen molar-refractivity contribution in [3.8, 4) is 5.13 Å². The van der Waals surface area contributed by atoms with Gasteiger partial charge in [-0.05, 0) is 49.2 Å². The Bertz CT molecular complexity index is 1230. The van der Waals surface area contributed by atoms with E-state index in [1.165, 1.54) is 29.0 Å². The molecule has 0 saturated heterocycles. The molecule has 140 valence electrons. The van der Waals surface area contributed by atoms with Gasteiger partial charge in [0.15, 0.2) is 0 Å². The predicted octanol–water partition coefficient (Wildman–Crippen LogP) is 4.71. The molecule has 4 aromatic rings. The molecule has 7 heteroatoms. The zero-order valence-corrected chi connectivity index (χ0v) is 16.2. The molecule has 1 aliphatic heterocycles. The fourth-order valence-corrected chi connectivity index (χ4v) is 4.80. The lowest BCUT2D eigenvalue weighted by Gasteiger charge is -2.24. The maximum Gasteiger partial charge on any atom is 0.226 e. The van der Waals surface area contributed by atoms with Crippen LogP contribution in [-0.2, 0) is 4.79 Å². The van der Waals surface area contributed by atoms with Crippen molar-refractivity contribution in [3.05, 3.63) is 70.7 Å². The second kappa shape index (κ2) is 6.24. The van der Waals surface area contributed by atoms with Crippen molar-refractivity contribution in [3.63, 3.8) is 0 Å². The number of hydrogen-bond acceptors (Lipinski definition) is 4. The Kier molecular flexibility index (Phi) is 3.80. The Balaban J connectivity index is 1.67. The molecular weight excluding hydrogens is 375 g/mol. The van der Waals surface area contributed by atoms with Gasteiger partial charge in [-0.2, -0.15) is 9.78 Å². The molecule has 0 spiro atoms. The van der Waals surface area contributed by atoms with E-state index in [0.29, 0.717) is 17.4 Å². The summed E-state index contributed by atoms with van der Waals surface area (Å²) in [5.41, 5.74) is 4.78. The Labute approximate surface area is 164 Å². The van der Waals surface area contributed by atoms with Crippen molar-refractivity contribution < 1.29 is 9.18 Å². The third-order valence-corrected chi connectivity index (χ3v) is 6.08. The topological polar surface area (TPSA) is 59.8 Å². The number of benzene rings is 2. The van der Waals surface area contributed by atoms with E-state index in [-0.39, 0.29) is 17.6 Å². The molecule has 3 heterocycles. The molecule has 0 aliphatic carbocycles. The highest BCUT2D eigenvalue weighted by atomic mass is 32.1. The monoisotopic (exact) mass is 392 g/mol. The van der Waals surface area contributed by atoms with Crippen LogP contribution in [0, 0.1) is 19.7 Å². The maximum atomic E-state index is 13.4. The lowest BCUT2D eigenvalue weighted by molar-refractivity contribution is -0.116. The first-order valence-corrected chi connectivity index (χ1v) is 9.83. The number of thiazole rings is 1. The van der Waals surface area contributed by atoms with Gasteiger partial charge in [0.25, 0.3) is 0 Å². The van der Waals surface area contributed by atoms with Gasteiger partial charge < -0.3 is 5.32 Å². The van der Waals surface area contributed by atoms with Crippen LogP contribution >= 0.6 is 11.3 Å². The smallest absolute Gasteiger partial charge is 0.226 e.